The molecule has 0 bridgehead atoms. The molecule has 0 aliphatic rings. The first kappa shape index (κ1) is 16.1. The molecular formula is C10H14ClN2O5P. The lowest BCUT2D eigenvalue weighted by atomic mass is 10.2. The molecule has 19 heavy (non-hydrogen) atoms. The van der Waals surface area contributed by atoms with Crippen molar-refractivity contribution in [1.82, 2.24) is 5.48 Å². The molecule has 0 fully saturated rings. The number of nitrogens with two attached hydrogens (primary N) is 1. The minimum absolute atomic E-state index is 0.189. The van der Waals surface area contributed by atoms with Crippen LogP contribution in [0.15, 0.2) is 24.3 Å². The SMILES string of the molecule is C[C@H](NOCc1ccc(Cl)cc1)C(=O)OP(N)(=O)O. The van der Waals surface area contributed by atoms with E-state index < -0.39 is 19.8 Å². The molecule has 0 aliphatic carbocycles. The third-order valence-electron chi connectivity index (χ3n) is 1.99. The summed E-state index contributed by atoms with van der Waals surface area (Å²) in [5.74, 6) is -0.982. The van der Waals surface area contributed by atoms with Crippen LogP contribution in [0, 0.1) is 0 Å². The number of hydrogen-bond acceptors (Lipinski definition) is 5. The van der Waals surface area contributed by atoms with Crippen molar-refractivity contribution in [2.24, 2.45) is 5.50 Å². The molecule has 7 nitrogen and oxygen atoms in total. The molecule has 4 N–H and O–H groups in total. The largest absolute Gasteiger partial charge is 0.455 e. The molecule has 0 aliphatic heterocycles. The average molecular weight is 309 g/mol. The predicted molar refractivity (Wildman–Crippen MR) is 68.9 cm³/mol. The lowest BCUT2D eigenvalue weighted by Crippen LogP contribution is -2.35. The molecule has 0 spiro atoms. The maximum Gasteiger partial charge on any atom is 0.455 e. The molecule has 1 rings (SSSR count). The van der Waals surface area contributed by atoms with Crippen LogP contribution in [0.4, 0.5) is 0 Å². The summed E-state index contributed by atoms with van der Waals surface area (Å²) in [6.45, 7) is 1.59. The molecular weight excluding hydrogens is 295 g/mol. The minimum Gasteiger partial charge on any atom is -0.379 e. The van der Waals surface area contributed by atoms with E-state index >= 15 is 0 Å². The van der Waals surface area contributed by atoms with Crippen molar-refractivity contribution >= 4 is 25.3 Å². The van der Waals surface area contributed by atoms with Crippen LogP contribution in [0.25, 0.3) is 0 Å². The van der Waals surface area contributed by atoms with Crippen LogP contribution >= 0.6 is 19.3 Å². The van der Waals surface area contributed by atoms with Crippen molar-refractivity contribution < 1.29 is 23.6 Å². The number of nitrogens with one attached hydrogen (secondary N) is 1. The third kappa shape index (κ3) is 6.68. The normalized spacial score (nSPS) is 15.6. The Kier molecular flexibility index (Phi) is 5.93. The lowest BCUT2D eigenvalue weighted by Gasteiger charge is -2.14. The first-order valence-corrected chi connectivity index (χ1v) is 7.27. The van der Waals surface area contributed by atoms with Crippen molar-refractivity contribution in [2.45, 2.75) is 19.6 Å². The number of halogens is 1. The van der Waals surface area contributed by atoms with Crippen LogP contribution in [-0.4, -0.2) is 16.9 Å². The highest BCUT2D eigenvalue weighted by Crippen LogP contribution is 2.31. The second-order valence-corrected chi connectivity index (χ2v) is 5.48. The first-order chi connectivity index (χ1) is 8.78. The minimum atomic E-state index is -4.33. The van der Waals surface area contributed by atoms with Crippen LogP contribution in [-0.2, 0) is 25.3 Å². The number of hydroxylamine groups is 1. The molecule has 1 aromatic rings. The number of carbonyl (C=O) groups excluding carboxylic acids is 1. The highest BCUT2D eigenvalue weighted by atomic mass is 35.5. The number of rotatable bonds is 6. The maximum atomic E-state index is 11.3. The van der Waals surface area contributed by atoms with E-state index in [1.165, 1.54) is 6.92 Å². The van der Waals surface area contributed by atoms with E-state index in [9.17, 15) is 9.36 Å². The Labute approximate surface area is 115 Å². The van der Waals surface area contributed by atoms with Gasteiger partial charge in [-0.3, -0.25) is 4.84 Å². The zero-order valence-electron chi connectivity index (χ0n) is 10.1. The van der Waals surface area contributed by atoms with E-state index in [0.29, 0.717) is 5.02 Å². The molecule has 1 aromatic carbocycles. The lowest BCUT2D eigenvalue weighted by molar-refractivity contribution is -0.141. The van der Waals surface area contributed by atoms with E-state index in [4.69, 9.17) is 26.8 Å². The summed E-state index contributed by atoms with van der Waals surface area (Å²) in [5, 5.41) is 0.607. The van der Waals surface area contributed by atoms with Gasteiger partial charge in [-0.1, -0.05) is 23.7 Å². The van der Waals surface area contributed by atoms with Gasteiger partial charge in [-0.25, -0.2) is 14.9 Å². The monoisotopic (exact) mass is 308 g/mol. The fraction of sp³-hybridized carbons (Fsp3) is 0.300. The standard InChI is InChI=1S/C10H14ClN2O5P/c1-7(10(14)18-19(12,15)16)13-17-6-8-2-4-9(11)5-3-8/h2-5,7,13H,6H2,1H3,(H3,12,15,16)/t7-/m0/s1. The van der Waals surface area contributed by atoms with Gasteiger partial charge in [0.2, 0.25) is 0 Å². The maximum absolute atomic E-state index is 11.3. The highest BCUT2D eigenvalue weighted by Gasteiger charge is 2.23. The van der Waals surface area contributed by atoms with Crippen molar-refractivity contribution in [3.8, 4) is 0 Å². The van der Waals surface area contributed by atoms with Crippen LogP contribution < -0.4 is 11.0 Å². The topological polar surface area (TPSA) is 111 Å². The van der Waals surface area contributed by atoms with Gasteiger partial charge in [0.15, 0.2) is 0 Å². The average Bonchev–Trinajstić information content (AvgIpc) is 2.29. The quantitative estimate of drug-likeness (QED) is 0.537. The smallest absolute Gasteiger partial charge is 0.379 e. The molecule has 0 heterocycles. The van der Waals surface area contributed by atoms with Crippen LogP contribution in [0.5, 0.6) is 0 Å². The van der Waals surface area contributed by atoms with Crippen molar-refractivity contribution in [3.63, 3.8) is 0 Å². The van der Waals surface area contributed by atoms with E-state index in [1.807, 2.05) is 0 Å². The molecule has 9 heteroatoms. The van der Waals surface area contributed by atoms with Gasteiger partial charge in [-0.05, 0) is 24.6 Å². The fourth-order valence-corrected chi connectivity index (χ4v) is 1.63. The molecule has 0 amide bonds. The van der Waals surface area contributed by atoms with Crippen LogP contribution in [0.2, 0.25) is 5.02 Å². The summed E-state index contributed by atoms with van der Waals surface area (Å²) < 4.78 is 14.8. The van der Waals surface area contributed by atoms with E-state index in [0.717, 1.165) is 5.56 Å². The molecule has 0 aromatic heterocycles. The van der Waals surface area contributed by atoms with Crippen LogP contribution in [0.1, 0.15) is 12.5 Å². The Morgan fingerprint density at radius 3 is 2.63 bits per heavy atom. The Hall–Kier alpha value is -0.950. The van der Waals surface area contributed by atoms with Crippen molar-refractivity contribution in [3.05, 3.63) is 34.9 Å². The summed E-state index contributed by atoms with van der Waals surface area (Å²) in [7, 11) is -4.33. The Morgan fingerprint density at radius 2 is 2.11 bits per heavy atom. The van der Waals surface area contributed by atoms with Gasteiger partial charge in [0.25, 0.3) is 0 Å². The second-order valence-electron chi connectivity index (χ2n) is 3.73. The summed E-state index contributed by atoms with van der Waals surface area (Å²) in [5.41, 5.74) is 7.90. The molecule has 106 valence electrons. The fourth-order valence-electron chi connectivity index (χ4n) is 1.09. The van der Waals surface area contributed by atoms with Gasteiger partial charge < -0.3 is 9.42 Å². The Morgan fingerprint density at radius 1 is 1.53 bits per heavy atom. The molecule has 2 atom stereocenters. The number of hydrogen-bond donors (Lipinski definition) is 3. The summed E-state index contributed by atoms with van der Waals surface area (Å²) >= 11 is 5.72. The zero-order valence-corrected chi connectivity index (χ0v) is 11.7. The van der Waals surface area contributed by atoms with Gasteiger partial charge in [0.05, 0.1) is 6.61 Å². The van der Waals surface area contributed by atoms with Gasteiger partial charge >= 0.3 is 13.7 Å². The molecule has 1 unspecified atom stereocenters. The summed E-state index contributed by atoms with van der Waals surface area (Å²) in [4.78, 5) is 25.0. The van der Waals surface area contributed by atoms with E-state index in [2.05, 4.69) is 10.0 Å². The zero-order chi connectivity index (χ0) is 14.5. The highest BCUT2D eigenvalue weighted by molar-refractivity contribution is 7.50. The van der Waals surface area contributed by atoms with E-state index in [1.54, 1.807) is 24.3 Å². The molecule has 0 radical (unpaired) electrons. The van der Waals surface area contributed by atoms with Gasteiger partial charge in [-0.15, -0.1) is 0 Å². The summed E-state index contributed by atoms with van der Waals surface area (Å²) in [6.07, 6.45) is 0. The van der Waals surface area contributed by atoms with Crippen molar-refractivity contribution in [1.29, 1.82) is 0 Å². The van der Waals surface area contributed by atoms with Gasteiger partial charge in [0, 0.05) is 5.02 Å². The first-order valence-electron chi connectivity index (χ1n) is 5.24. The Bertz CT molecular complexity index is 475. The van der Waals surface area contributed by atoms with Crippen molar-refractivity contribution in [2.75, 3.05) is 0 Å². The summed E-state index contributed by atoms with van der Waals surface area (Å²) in [6, 6.07) is 5.99. The molecule has 0 saturated heterocycles. The second kappa shape index (κ2) is 7.00. The van der Waals surface area contributed by atoms with Gasteiger partial charge in [0.1, 0.15) is 6.04 Å². The number of benzene rings is 1. The molecule has 0 saturated carbocycles. The van der Waals surface area contributed by atoms with E-state index in [-0.39, 0.29) is 6.61 Å². The predicted octanol–water partition coefficient (Wildman–Crippen LogP) is 1.35. The van der Waals surface area contributed by atoms with Crippen LogP contribution in [0.3, 0.4) is 0 Å². The third-order valence-corrected chi connectivity index (χ3v) is 2.68. The Balaban J connectivity index is 2.34. The van der Waals surface area contributed by atoms with Gasteiger partial charge in [-0.2, -0.15) is 5.48 Å². The number of carbonyl (C=O) groups is 1.